The van der Waals surface area contributed by atoms with Gasteiger partial charge in [0.15, 0.2) is 0 Å². The number of amides is 1. The molecule has 1 aliphatic heterocycles. The Balaban J connectivity index is 1.88. The van der Waals surface area contributed by atoms with Gasteiger partial charge in [-0.05, 0) is 42.3 Å². The van der Waals surface area contributed by atoms with Crippen molar-refractivity contribution in [3.8, 4) is 5.75 Å². The van der Waals surface area contributed by atoms with E-state index in [9.17, 15) is 13.2 Å². The molecule has 0 saturated carbocycles. The summed E-state index contributed by atoms with van der Waals surface area (Å²) in [5.41, 5.74) is 2.06. The van der Waals surface area contributed by atoms with Crippen LogP contribution in [0.5, 0.6) is 5.75 Å². The van der Waals surface area contributed by atoms with Crippen LogP contribution in [0.3, 0.4) is 0 Å². The average molecular weight is 404 g/mol. The Morgan fingerprint density at radius 3 is 2.43 bits per heavy atom. The molecule has 0 spiro atoms. The fourth-order valence-electron chi connectivity index (χ4n) is 2.97. The minimum atomic E-state index is -3.79. The second-order valence-electron chi connectivity index (χ2n) is 6.39. The van der Waals surface area contributed by atoms with Crippen LogP contribution in [0.4, 0.5) is 5.69 Å². The zero-order valence-corrected chi connectivity index (χ0v) is 16.8. The van der Waals surface area contributed by atoms with Gasteiger partial charge in [0.05, 0.1) is 20.3 Å². The summed E-state index contributed by atoms with van der Waals surface area (Å²) >= 11 is 0. The second kappa shape index (κ2) is 8.72. The molecule has 1 aliphatic rings. The van der Waals surface area contributed by atoms with Crippen molar-refractivity contribution in [3.63, 3.8) is 0 Å². The second-order valence-corrected chi connectivity index (χ2v) is 8.29. The first-order chi connectivity index (χ1) is 13.5. The van der Waals surface area contributed by atoms with Gasteiger partial charge in [0, 0.05) is 24.3 Å². The van der Waals surface area contributed by atoms with E-state index in [1.807, 2.05) is 24.3 Å². The van der Waals surface area contributed by atoms with Crippen LogP contribution in [0, 0.1) is 0 Å². The number of methoxy groups -OCH3 is 1. The number of hydrogen-bond donors (Lipinski definition) is 1. The number of ether oxygens (including phenoxy) is 2. The van der Waals surface area contributed by atoms with E-state index in [2.05, 4.69) is 12.2 Å². The van der Waals surface area contributed by atoms with Crippen molar-refractivity contribution in [2.75, 3.05) is 38.7 Å². The first kappa shape index (κ1) is 20.3. The molecule has 2 aromatic carbocycles. The molecule has 2 aromatic rings. The molecular formula is C20H24N2O5S. The van der Waals surface area contributed by atoms with Gasteiger partial charge in [-0.2, -0.15) is 4.31 Å². The van der Waals surface area contributed by atoms with Crippen LogP contribution in [0.2, 0.25) is 0 Å². The highest BCUT2D eigenvalue weighted by Crippen LogP contribution is 2.28. The number of aryl methyl sites for hydroxylation is 1. The molecule has 1 saturated heterocycles. The monoisotopic (exact) mass is 404 g/mol. The third kappa shape index (κ3) is 4.35. The van der Waals surface area contributed by atoms with Gasteiger partial charge in [-0.1, -0.05) is 19.1 Å². The first-order valence-corrected chi connectivity index (χ1v) is 10.6. The topological polar surface area (TPSA) is 84.9 Å². The van der Waals surface area contributed by atoms with Gasteiger partial charge < -0.3 is 14.8 Å². The lowest BCUT2D eigenvalue weighted by Gasteiger charge is -2.26. The zero-order valence-electron chi connectivity index (χ0n) is 16.0. The van der Waals surface area contributed by atoms with Crippen molar-refractivity contribution in [1.29, 1.82) is 0 Å². The fourth-order valence-corrected chi connectivity index (χ4v) is 4.56. The van der Waals surface area contributed by atoms with Gasteiger partial charge in [0.2, 0.25) is 10.0 Å². The Hall–Kier alpha value is -2.42. The van der Waals surface area contributed by atoms with E-state index in [0.29, 0.717) is 18.9 Å². The number of benzene rings is 2. The molecule has 7 nitrogen and oxygen atoms in total. The van der Waals surface area contributed by atoms with Gasteiger partial charge in [-0.3, -0.25) is 4.79 Å². The highest BCUT2D eigenvalue weighted by atomic mass is 32.2. The van der Waals surface area contributed by atoms with E-state index >= 15 is 0 Å². The Bertz CT molecular complexity index is 936. The molecule has 0 bridgehead atoms. The summed E-state index contributed by atoms with van der Waals surface area (Å²) in [6.45, 7) is 3.28. The lowest BCUT2D eigenvalue weighted by Crippen LogP contribution is -2.40. The third-order valence-corrected chi connectivity index (χ3v) is 6.55. The molecule has 8 heteroatoms. The van der Waals surface area contributed by atoms with E-state index in [1.54, 1.807) is 6.07 Å². The average Bonchev–Trinajstić information content (AvgIpc) is 2.74. The minimum absolute atomic E-state index is 0.0223. The molecule has 0 aliphatic carbocycles. The van der Waals surface area contributed by atoms with Gasteiger partial charge in [-0.15, -0.1) is 0 Å². The summed E-state index contributed by atoms with van der Waals surface area (Å²) in [4.78, 5) is 12.6. The molecule has 0 aromatic heterocycles. The molecule has 0 unspecified atom stereocenters. The molecule has 150 valence electrons. The lowest BCUT2D eigenvalue weighted by atomic mass is 10.1. The van der Waals surface area contributed by atoms with Gasteiger partial charge >= 0.3 is 0 Å². The fraction of sp³-hybridized carbons (Fsp3) is 0.350. The number of anilines is 1. The summed E-state index contributed by atoms with van der Waals surface area (Å²) in [5.74, 6) is -0.180. The van der Waals surface area contributed by atoms with E-state index in [4.69, 9.17) is 9.47 Å². The van der Waals surface area contributed by atoms with Gasteiger partial charge in [0.25, 0.3) is 5.91 Å². The molecular weight excluding hydrogens is 380 g/mol. The maximum atomic E-state index is 13.0. The lowest BCUT2D eigenvalue weighted by molar-refractivity contribution is 0.0729. The Morgan fingerprint density at radius 1 is 1.14 bits per heavy atom. The van der Waals surface area contributed by atoms with Crippen molar-refractivity contribution < 1.29 is 22.7 Å². The number of carbonyl (C=O) groups excluding carboxylic acids is 1. The quantitative estimate of drug-likeness (QED) is 0.800. The molecule has 1 amide bonds. The van der Waals surface area contributed by atoms with Gasteiger partial charge in [-0.25, -0.2) is 8.42 Å². The highest BCUT2D eigenvalue weighted by Gasteiger charge is 2.30. The summed E-state index contributed by atoms with van der Waals surface area (Å²) < 4.78 is 37.9. The zero-order chi connectivity index (χ0) is 20.1. The maximum absolute atomic E-state index is 13.0. The number of sulfonamides is 1. The summed E-state index contributed by atoms with van der Waals surface area (Å²) in [6, 6.07) is 11.9. The van der Waals surface area contributed by atoms with Crippen molar-refractivity contribution in [1.82, 2.24) is 4.31 Å². The number of nitrogens with zero attached hydrogens (tertiary/aromatic N) is 1. The number of rotatable bonds is 6. The highest BCUT2D eigenvalue weighted by molar-refractivity contribution is 7.89. The number of carbonyl (C=O) groups is 1. The Labute approximate surface area is 165 Å². The van der Waals surface area contributed by atoms with E-state index in [0.717, 1.165) is 6.42 Å². The maximum Gasteiger partial charge on any atom is 0.255 e. The van der Waals surface area contributed by atoms with Crippen molar-refractivity contribution in [2.24, 2.45) is 0 Å². The van der Waals surface area contributed by atoms with Crippen LogP contribution >= 0.6 is 0 Å². The van der Waals surface area contributed by atoms with Crippen LogP contribution in [0.25, 0.3) is 0 Å². The van der Waals surface area contributed by atoms with Crippen LogP contribution in [0.1, 0.15) is 22.8 Å². The first-order valence-electron chi connectivity index (χ1n) is 9.12. The summed E-state index contributed by atoms with van der Waals surface area (Å²) in [7, 11) is -2.39. The predicted octanol–water partition coefficient (Wildman–Crippen LogP) is 2.53. The Kier molecular flexibility index (Phi) is 6.33. The Morgan fingerprint density at radius 2 is 1.82 bits per heavy atom. The van der Waals surface area contributed by atoms with Crippen LogP contribution < -0.4 is 10.1 Å². The van der Waals surface area contributed by atoms with Crippen LogP contribution in [-0.2, 0) is 21.2 Å². The van der Waals surface area contributed by atoms with E-state index < -0.39 is 10.0 Å². The van der Waals surface area contributed by atoms with Crippen molar-refractivity contribution >= 4 is 21.6 Å². The molecule has 0 atom stereocenters. The smallest absolute Gasteiger partial charge is 0.255 e. The number of morpholine rings is 1. The molecule has 0 radical (unpaired) electrons. The number of hydrogen-bond acceptors (Lipinski definition) is 5. The molecule has 1 fully saturated rings. The van der Waals surface area contributed by atoms with E-state index in [1.165, 1.54) is 29.1 Å². The minimum Gasteiger partial charge on any atom is -0.495 e. The largest absolute Gasteiger partial charge is 0.495 e. The summed E-state index contributed by atoms with van der Waals surface area (Å²) in [6.07, 6.45) is 0.912. The summed E-state index contributed by atoms with van der Waals surface area (Å²) in [5, 5.41) is 2.80. The number of nitrogens with one attached hydrogen (secondary N) is 1. The van der Waals surface area contributed by atoms with Gasteiger partial charge in [0.1, 0.15) is 10.6 Å². The predicted molar refractivity (Wildman–Crippen MR) is 106 cm³/mol. The van der Waals surface area contributed by atoms with Crippen LogP contribution in [-0.4, -0.2) is 52.0 Å². The standard InChI is InChI=1S/C20H24N2O5S/c1-3-15-4-7-17(8-5-15)21-20(23)16-6-9-18(26-2)19(14-16)28(24,25)22-10-12-27-13-11-22/h4-9,14H,3,10-13H2,1-2H3,(H,21,23). The van der Waals surface area contributed by atoms with Crippen molar-refractivity contribution in [3.05, 3.63) is 53.6 Å². The molecule has 3 rings (SSSR count). The third-order valence-electron chi connectivity index (χ3n) is 4.63. The molecule has 1 N–H and O–H groups in total. The SMILES string of the molecule is CCc1ccc(NC(=O)c2ccc(OC)c(S(=O)(=O)N3CCOCC3)c2)cc1. The normalized spacial score (nSPS) is 15.2. The van der Waals surface area contributed by atoms with E-state index in [-0.39, 0.29) is 35.2 Å². The molecule has 28 heavy (non-hydrogen) atoms. The molecule has 1 heterocycles. The van der Waals surface area contributed by atoms with Crippen molar-refractivity contribution in [2.45, 2.75) is 18.2 Å². The van der Waals surface area contributed by atoms with Crippen LogP contribution in [0.15, 0.2) is 47.4 Å².